The van der Waals surface area contributed by atoms with Crippen LogP contribution in [0.1, 0.15) is 91.8 Å². The van der Waals surface area contributed by atoms with Crippen molar-refractivity contribution in [2.75, 3.05) is 5.32 Å². The van der Waals surface area contributed by atoms with Gasteiger partial charge < -0.3 is 20.4 Å². The van der Waals surface area contributed by atoms with Crippen LogP contribution in [0.5, 0.6) is 11.5 Å². The summed E-state index contributed by atoms with van der Waals surface area (Å²) in [6.45, 7) is 4.58. The molecule has 0 radical (unpaired) electrons. The van der Waals surface area contributed by atoms with Crippen molar-refractivity contribution in [2.45, 2.75) is 77.8 Å². The molecule has 1 aliphatic rings. The van der Waals surface area contributed by atoms with Gasteiger partial charge in [-0.1, -0.05) is 39.2 Å². The van der Waals surface area contributed by atoms with Gasteiger partial charge in [-0.15, -0.1) is 0 Å². The number of anilines is 1. The summed E-state index contributed by atoms with van der Waals surface area (Å²) in [4.78, 5) is 38.1. The van der Waals surface area contributed by atoms with E-state index in [0.29, 0.717) is 43.6 Å². The SMILES string of the molecule is CC(C)c1cc(C(=O)N2Cc3ccc(NC(=O)CCCCCCCC(=O)NO)cc3C2)c(O)cc1O. The van der Waals surface area contributed by atoms with Crippen LogP contribution in [0, 0.1) is 0 Å². The van der Waals surface area contributed by atoms with Gasteiger partial charge in [0.15, 0.2) is 0 Å². The molecule has 3 rings (SSSR count). The largest absolute Gasteiger partial charge is 0.508 e. The molecule has 5 N–H and O–H groups in total. The Morgan fingerprint density at radius 2 is 1.50 bits per heavy atom. The third-order valence-corrected chi connectivity index (χ3v) is 6.43. The van der Waals surface area contributed by atoms with Crippen LogP contribution in [0.15, 0.2) is 30.3 Å². The van der Waals surface area contributed by atoms with Gasteiger partial charge in [0.25, 0.3) is 5.91 Å². The minimum atomic E-state index is -0.380. The topological polar surface area (TPSA) is 139 Å². The quantitative estimate of drug-likeness (QED) is 0.175. The van der Waals surface area contributed by atoms with E-state index in [0.717, 1.165) is 36.8 Å². The normalized spacial score (nSPS) is 12.5. The van der Waals surface area contributed by atoms with Gasteiger partial charge in [0.05, 0.1) is 5.56 Å². The number of benzene rings is 2. The number of phenolic OH excluding ortho intramolecular Hbond substituents is 2. The number of unbranched alkanes of at least 4 members (excludes halogenated alkanes) is 4. The minimum Gasteiger partial charge on any atom is -0.508 e. The molecule has 0 saturated carbocycles. The number of hydroxylamine groups is 1. The third-order valence-electron chi connectivity index (χ3n) is 6.43. The number of aromatic hydroxyl groups is 2. The van der Waals surface area contributed by atoms with E-state index in [1.807, 2.05) is 32.0 Å². The Balaban J connectivity index is 1.50. The molecule has 0 aromatic heterocycles. The molecule has 0 aliphatic carbocycles. The van der Waals surface area contributed by atoms with Crippen molar-refractivity contribution in [3.63, 3.8) is 0 Å². The zero-order chi connectivity index (χ0) is 26.2. The van der Waals surface area contributed by atoms with Crippen molar-refractivity contribution < 1.29 is 29.8 Å². The predicted octanol–water partition coefficient (Wildman–Crippen LogP) is 4.55. The lowest BCUT2D eigenvalue weighted by atomic mass is 9.98. The lowest BCUT2D eigenvalue weighted by molar-refractivity contribution is -0.129. The van der Waals surface area contributed by atoms with Crippen molar-refractivity contribution in [2.24, 2.45) is 0 Å². The van der Waals surface area contributed by atoms with Crippen LogP contribution in [0.25, 0.3) is 0 Å². The lowest BCUT2D eigenvalue weighted by Crippen LogP contribution is -2.25. The first-order valence-corrected chi connectivity index (χ1v) is 12.4. The van der Waals surface area contributed by atoms with E-state index in [4.69, 9.17) is 5.21 Å². The van der Waals surface area contributed by atoms with Crippen LogP contribution in [0.3, 0.4) is 0 Å². The number of carbonyl (C=O) groups excluding carboxylic acids is 3. The van der Waals surface area contributed by atoms with Gasteiger partial charge in [-0.25, -0.2) is 5.48 Å². The first-order valence-electron chi connectivity index (χ1n) is 12.4. The number of hydrogen-bond donors (Lipinski definition) is 5. The summed E-state index contributed by atoms with van der Waals surface area (Å²) in [5, 5.41) is 31.7. The van der Waals surface area contributed by atoms with Gasteiger partial charge in [-0.05, 0) is 53.6 Å². The van der Waals surface area contributed by atoms with Crippen LogP contribution in [0.4, 0.5) is 5.69 Å². The molecule has 0 fully saturated rings. The molecular formula is C27H35N3O6. The summed E-state index contributed by atoms with van der Waals surface area (Å²) in [6, 6.07) is 8.37. The lowest BCUT2D eigenvalue weighted by Gasteiger charge is -2.18. The van der Waals surface area contributed by atoms with Crippen LogP contribution >= 0.6 is 0 Å². The Labute approximate surface area is 211 Å². The Kier molecular flexibility index (Phi) is 9.30. The molecule has 2 aromatic rings. The molecule has 194 valence electrons. The summed E-state index contributed by atoms with van der Waals surface area (Å²) in [7, 11) is 0. The van der Waals surface area contributed by atoms with Crippen molar-refractivity contribution in [1.29, 1.82) is 0 Å². The summed E-state index contributed by atoms with van der Waals surface area (Å²) >= 11 is 0. The number of nitrogens with one attached hydrogen (secondary N) is 2. The van der Waals surface area contributed by atoms with Gasteiger partial charge in [0, 0.05) is 37.7 Å². The number of nitrogens with zero attached hydrogens (tertiary/aromatic N) is 1. The van der Waals surface area contributed by atoms with Gasteiger partial charge in [0.2, 0.25) is 11.8 Å². The van der Waals surface area contributed by atoms with E-state index >= 15 is 0 Å². The van der Waals surface area contributed by atoms with E-state index in [1.165, 1.54) is 6.07 Å². The summed E-state index contributed by atoms with van der Waals surface area (Å²) < 4.78 is 0. The molecule has 1 aliphatic heterocycles. The number of amides is 3. The molecule has 0 bridgehead atoms. The van der Waals surface area contributed by atoms with Crippen molar-refractivity contribution in [3.8, 4) is 11.5 Å². The maximum atomic E-state index is 13.1. The van der Waals surface area contributed by atoms with Crippen LogP contribution in [-0.2, 0) is 22.7 Å². The second kappa shape index (κ2) is 12.4. The molecule has 0 saturated heterocycles. The first kappa shape index (κ1) is 27.0. The summed E-state index contributed by atoms with van der Waals surface area (Å²) in [5.74, 6) is -1.05. The van der Waals surface area contributed by atoms with Gasteiger partial charge in [-0.3, -0.25) is 19.6 Å². The van der Waals surface area contributed by atoms with Crippen molar-refractivity contribution in [3.05, 3.63) is 52.6 Å². The second-order valence-electron chi connectivity index (χ2n) is 9.58. The maximum absolute atomic E-state index is 13.1. The highest BCUT2D eigenvalue weighted by molar-refractivity contribution is 5.98. The number of rotatable bonds is 11. The smallest absolute Gasteiger partial charge is 0.258 e. The van der Waals surface area contributed by atoms with Crippen LogP contribution in [-0.4, -0.2) is 38.0 Å². The van der Waals surface area contributed by atoms with E-state index in [-0.39, 0.29) is 40.7 Å². The molecular weight excluding hydrogens is 462 g/mol. The molecule has 2 aromatic carbocycles. The molecule has 36 heavy (non-hydrogen) atoms. The van der Waals surface area contributed by atoms with Gasteiger partial charge in [-0.2, -0.15) is 0 Å². The Morgan fingerprint density at radius 3 is 2.17 bits per heavy atom. The second-order valence-corrected chi connectivity index (χ2v) is 9.58. The fourth-order valence-corrected chi connectivity index (χ4v) is 4.39. The van der Waals surface area contributed by atoms with Gasteiger partial charge in [0.1, 0.15) is 11.5 Å². The van der Waals surface area contributed by atoms with Crippen molar-refractivity contribution in [1.82, 2.24) is 10.4 Å². The number of fused-ring (bicyclic) bond motifs is 1. The fourth-order valence-electron chi connectivity index (χ4n) is 4.39. The van der Waals surface area contributed by atoms with E-state index in [2.05, 4.69) is 5.32 Å². The average Bonchev–Trinajstić information content (AvgIpc) is 3.26. The fraction of sp³-hybridized carbons (Fsp3) is 0.444. The van der Waals surface area contributed by atoms with Crippen LogP contribution in [0.2, 0.25) is 0 Å². The monoisotopic (exact) mass is 497 g/mol. The highest BCUT2D eigenvalue weighted by Gasteiger charge is 2.27. The standard InChI is InChI=1S/C27H35N3O6/c1-17(2)21-13-22(24(32)14-23(21)31)27(35)30-15-18-10-11-20(12-19(18)16-30)28-25(33)8-6-4-3-5-7-9-26(34)29-36/h10-14,17,31-32,36H,3-9,15-16H2,1-2H3,(H,28,33)(H,29,34). The van der Waals surface area contributed by atoms with E-state index in [1.54, 1.807) is 16.4 Å². The highest BCUT2D eigenvalue weighted by atomic mass is 16.5. The molecule has 0 atom stereocenters. The molecule has 3 amide bonds. The van der Waals surface area contributed by atoms with Gasteiger partial charge >= 0.3 is 0 Å². The van der Waals surface area contributed by atoms with E-state index in [9.17, 15) is 24.6 Å². The molecule has 0 unspecified atom stereocenters. The predicted molar refractivity (Wildman–Crippen MR) is 135 cm³/mol. The first-order chi connectivity index (χ1) is 17.2. The average molecular weight is 498 g/mol. The zero-order valence-corrected chi connectivity index (χ0v) is 20.8. The maximum Gasteiger partial charge on any atom is 0.258 e. The zero-order valence-electron chi connectivity index (χ0n) is 20.8. The number of carbonyl (C=O) groups is 3. The van der Waals surface area contributed by atoms with Crippen LogP contribution < -0.4 is 10.8 Å². The minimum absolute atomic E-state index is 0.000752. The summed E-state index contributed by atoms with van der Waals surface area (Å²) in [5.41, 5.74) is 4.98. The Hall–Kier alpha value is -3.59. The number of phenols is 2. The Bertz CT molecular complexity index is 1110. The molecule has 0 spiro atoms. The third kappa shape index (κ3) is 6.97. The highest BCUT2D eigenvalue weighted by Crippen LogP contribution is 2.34. The summed E-state index contributed by atoms with van der Waals surface area (Å²) in [6.07, 6.45) is 4.83. The van der Waals surface area contributed by atoms with Crippen molar-refractivity contribution >= 4 is 23.4 Å². The molecule has 9 nitrogen and oxygen atoms in total. The molecule has 1 heterocycles. The van der Waals surface area contributed by atoms with E-state index < -0.39 is 0 Å². The molecule has 9 heteroatoms. The Morgan fingerprint density at radius 1 is 0.861 bits per heavy atom. The number of hydrogen-bond acceptors (Lipinski definition) is 6.